The Labute approximate surface area is 88.7 Å². The second kappa shape index (κ2) is 5.14. The first kappa shape index (κ1) is 11.2. The van der Waals surface area contributed by atoms with Crippen molar-refractivity contribution in [3.8, 4) is 0 Å². The molecule has 1 aromatic rings. The summed E-state index contributed by atoms with van der Waals surface area (Å²) >= 11 is 0. The van der Waals surface area contributed by atoms with Crippen LogP contribution in [0.15, 0.2) is 24.3 Å². The van der Waals surface area contributed by atoms with Crippen LogP contribution in [-0.4, -0.2) is 18.9 Å². The van der Waals surface area contributed by atoms with Crippen molar-refractivity contribution in [1.82, 2.24) is 0 Å². The Balaban J connectivity index is 2.93. The van der Waals surface area contributed by atoms with Gasteiger partial charge in [-0.1, -0.05) is 18.2 Å². The molecule has 0 aliphatic carbocycles. The number of aryl methyl sites for hydroxylation is 1. The van der Waals surface area contributed by atoms with Gasteiger partial charge in [0.25, 0.3) is 0 Å². The average Bonchev–Trinajstić information content (AvgIpc) is 2.20. The van der Waals surface area contributed by atoms with E-state index >= 15 is 0 Å². The van der Waals surface area contributed by atoms with Gasteiger partial charge in [0.2, 0.25) is 0 Å². The number of urea groups is 1. The minimum atomic E-state index is -0.536. The molecule has 15 heavy (non-hydrogen) atoms. The summed E-state index contributed by atoms with van der Waals surface area (Å²) in [6.45, 7) is 2.22. The normalized spacial score (nSPS) is 9.67. The first-order valence-electron chi connectivity index (χ1n) is 4.73. The molecule has 2 amide bonds. The molecule has 0 fully saturated rings. The van der Waals surface area contributed by atoms with Crippen molar-refractivity contribution in [2.24, 2.45) is 5.73 Å². The molecule has 4 heteroatoms. The maximum Gasteiger partial charge on any atom is 0.319 e. The van der Waals surface area contributed by atoms with Crippen molar-refractivity contribution >= 4 is 18.0 Å². The van der Waals surface area contributed by atoms with Crippen LogP contribution in [0.4, 0.5) is 10.5 Å². The van der Waals surface area contributed by atoms with Crippen molar-refractivity contribution in [2.75, 3.05) is 11.4 Å². The molecule has 0 aromatic heterocycles. The monoisotopic (exact) mass is 206 g/mol. The molecule has 0 unspecified atom stereocenters. The predicted octanol–water partition coefficient (Wildman–Crippen LogP) is 1.47. The molecule has 0 aliphatic rings. The van der Waals surface area contributed by atoms with Gasteiger partial charge in [-0.25, -0.2) is 4.79 Å². The van der Waals surface area contributed by atoms with Crippen LogP contribution in [0.5, 0.6) is 0 Å². The Hall–Kier alpha value is -1.84. The fourth-order valence-corrected chi connectivity index (χ4v) is 1.40. The summed E-state index contributed by atoms with van der Waals surface area (Å²) in [5.74, 6) is 0. The van der Waals surface area contributed by atoms with Gasteiger partial charge >= 0.3 is 6.03 Å². The van der Waals surface area contributed by atoms with E-state index in [1.165, 1.54) is 4.90 Å². The summed E-state index contributed by atoms with van der Waals surface area (Å²) in [5.41, 5.74) is 6.97. The zero-order valence-corrected chi connectivity index (χ0v) is 8.64. The Bertz CT molecular complexity index is 363. The summed E-state index contributed by atoms with van der Waals surface area (Å²) < 4.78 is 0. The van der Waals surface area contributed by atoms with E-state index in [4.69, 9.17) is 5.73 Å². The molecule has 0 saturated carbocycles. The quantitative estimate of drug-likeness (QED) is 0.758. The number of nitrogens with two attached hydrogens (primary N) is 1. The fourth-order valence-electron chi connectivity index (χ4n) is 1.40. The lowest BCUT2D eigenvalue weighted by Crippen LogP contribution is -2.37. The van der Waals surface area contributed by atoms with Crippen LogP contribution in [0.3, 0.4) is 0 Å². The number of aldehydes is 1. The standard InChI is InChI=1S/C11H14N2O2/c1-9-5-2-3-6-10(9)13(11(12)15)7-4-8-14/h2-3,5-6,8H,4,7H2,1H3,(H2,12,15). The smallest absolute Gasteiger partial charge is 0.319 e. The van der Waals surface area contributed by atoms with Crippen molar-refractivity contribution in [3.63, 3.8) is 0 Å². The van der Waals surface area contributed by atoms with Gasteiger partial charge in [0, 0.05) is 18.7 Å². The molecular formula is C11H14N2O2. The topological polar surface area (TPSA) is 63.4 Å². The van der Waals surface area contributed by atoms with Crippen LogP contribution in [0.1, 0.15) is 12.0 Å². The number of amides is 2. The zero-order valence-electron chi connectivity index (χ0n) is 8.64. The predicted molar refractivity (Wildman–Crippen MR) is 58.8 cm³/mol. The summed E-state index contributed by atoms with van der Waals surface area (Å²) in [4.78, 5) is 22.9. The molecule has 0 radical (unpaired) electrons. The Morgan fingerprint density at radius 2 is 2.13 bits per heavy atom. The number of benzene rings is 1. The molecule has 2 N–H and O–H groups in total. The number of anilines is 1. The number of nitrogens with zero attached hydrogens (tertiary/aromatic N) is 1. The molecule has 0 aliphatic heterocycles. The van der Waals surface area contributed by atoms with Crippen LogP contribution in [0.25, 0.3) is 0 Å². The second-order valence-electron chi connectivity index (χ2n) is 3.23. The van der Waals surface area contributed by atoms with E-state index in [0.717, 1.165) is 17.5 Å². The number of rotatable bonds is 4. The number of para-hydroxylation sites is 1. The third kappa shape index (κ3) is 2.80. The minimum Gasteiger partial charge on any atom is -0.351 e. The maximum absolute atomic E-state index is 11.2. The molecule has 1 aromatic carbocycles. The van der Waals surface area contributed by atoms with Crippen molar-refractivity contribution in [2.45, 2.75) is 13.3 Å². The zero-order chi connectivity index (χ0) is 11.3. The lowest BCUT2D eigenvalue weighted by Gasteiger charge is -2.21. The maximum atomic E-state index is 11.2. The summed E-state index contributed by atoms with van der Waals surface area (Å²) in [6, 6.07) is 6.89. The van der Waals surface area contributed by atoms with Gasteiger partial charge in [-0.15, -0.1) is 0 Å². The van der Waals surface area contributed by atoms with Gasteiger partial charge in [-0.05, 0) is 18.6 Å². The van der Waals surface area contributed by atoms with Crippen LogP contribution in [0.2, 0.25) is 0 Å². The van der Waals surface area contributed by atoms with E-state index in [9.17, 15) is 9.59 Å². The third-order valence-electron chi connectivity index (χ3n) is 2.14. The van der Waals surface area contributed by atoms with E-state index in [-0.39, 0.29) is 6.42 Å². The van der Waals surface area contributed by atoms with Crippen LogP contribution in [0, 0.1) is 6.92 Å². The highest BCUT2D eigenvalue weighted by Gasteiger charge is 2.12. The van der Waals surface area contributed by atoms with E-state index in [2.05, 4.69) is 0 Å². The van der Waals surface area contributed by atoms with Gasteiger partial charge < -0.3 is 10.5 Å². The molecule has 0 saturated heterocycles. The van der Waals surface area contributed by atoms with Gasteiger partial charge in [-0.3, -0.25) is 4.90 Å². The second-order valence-corrected chi connectivity index (χ2v) is 3.23. The molecule has 1 rings (SSSR count). The highest BCUT2D eigenvalue weighted by Crippen LogP contribution is 2.18. The lowest BCUT2D eigenvalue weighted by molar-refractivity contribution is -0.107. The van der Waals surface area contributed by atoms with Gasteiger partial charge in [0.1, 0.15) is 6.29 Å². The van der Waals surface area contributed by atoms with E-state index in [0.29, 0.717) is 6.54 Å². The third-order valence-corrected chi connectivity index (χ3v) is 2.14. The summed E-state index contributed by atoms with van der Waals surface area (Å²) in [7, 11) is 0. The van der Waals surface area contributed by atoms with Gasteiger partial charge in [0.15, 0.2) is 0 Å². The Kier molecular flexibility index (Phi) is 3.85. The molecule has 4 nitrogen and oxygen atoms in total. The molecule has 0 spiro atoms. The van der Waals surface area contributed by atoms with E-state index in [1.807, 2.05) is 31.2 Å². The van der Waals surface area contributed by atoms with Crippen molar-refractivity contribution < 1.29 is 9.59 Å². The largest absolute Gasteiger partial charge is 0.351 e. The van der Waals surface area contributed by atoms with Crippen LogP contribution in [-0.2, 0) is 4.79 Å². The summed E-state index contributed by atoms with van der Waals surface area (Å²) in [6.07, 6.45) is 1.06. The first-order valence-corrected chi connectivity index (χ1v) is 4.73. The SMILES string of the molecule is Cc1ccccc1N(CCC=O)C(N)=O. The lowest BCUT2D eigenvalue weighted by atomic mass is 10.2. The number of carbonyl (C=O) groups is 2. The summed E-state index contributed by atoms with van der Waals surface area (Å²) in [5, 5.41) is 0. The van der Waals surface area contributed by atoms with Crippen LogP contribution < -0.4 is 10.6 Å². The fraction of sp³-hybridized carbons (Fsp3) is 0.273. The number of hydrogen-bond donors (Lipinski definition) is 1. The van der Waals surface area contributed by atoms with E-state index < -0.39 is 6.03 Å². The minimum absolute atomic E-state index is 0.289. The molecule has 80 valence electrons. The van der Waals surface area contributed by atoms with Gasteiger partial charge in [0.05, 0.1) is 0 Å². The highest BCUT2D eigenvalue weighted by molar-refractivity contribution is 5.91. The number of carbonyl (C=O) groups excluding carboxylic acids is 2. The van der Waals surface area contributed by atoms with E-state index in [1.54, 1.807) is 0 Å². The van der Waals surface area contributed by atoms with Crippen molar-refractivity contribution in [3.05, 3.63) is 29.8 Å². The molecule has 0 atom stereocenters. The Morgan fingerprint density at radius 3 is 2.67 bits per heavy atom. The highest BCUT2D eigenvalue weighted by atomic mass is 16.2. The van der Waals surface area contributed by atoms with Crippen LogP contribution >= 0.6 is 0 Å². The Morgan fingerprint density at radius 1 is 1.47 bits per heavy atom. The average molecular weight is 206 g/mol. The molecule has 0 bridgehead atoms. The first-order chi connectivity index (χ1) is 7.16. The molecular weight excluding hydrogens is 192 g/mol. The number of hydrogen-bond acceptors (Lipinski definition) is 2. The number of primary amides is 1. The van der Waals surface area contributed by atoms with Crippen molar-refractivity contribution in [1.29, 1.82) is 0 Å². The van der Waals surface area contributed by atoms with Gasteiger partial charge in [-0.2, -0.15) is 0 Å². The molecule has 0 heterocycles.